The molecule has 1 aromatic rings. The van der Waals surface area contributed by atoms with E-state index in [-0.39, 0.29) is 22.5 Å². The van der Waals surface area contributed by atoms with Crippen LogP contribution in [-0.4, -0.2) is 42.8 Å². The summed E-state index contributed by atoms with van der Waals surface area (Å²) in [6.07, 6.45) is 9.38. The summed E-state index contributed by atoms with van der Waals surface area (Å²) in [6.45, 7) is 4.56. The SMILES string of the molecule is CCN1CC[C@]23c4c5ccc(OP)c4O[C@H]2[C@@]2(OC)C=C[C@@]3(CC2)[C@H]1C5. The summed E-state index contributed by atoms with van der Waals surface area (Å²) in [4.78, 5) is 2.71. The summed E-state index contributed by atoms with van der Waals surface area (Å²) in [6, 6.07) is 4.91. The van der Waals surface area contributed by atoms with Crippen molar-refractivity contribution in [1.29, 1.82) is 0 Å². The summed E-state index contributed by atoms with van der Waals surface area (Å²) in [5.74, 6) is 1.82. The highest BCUT2D eigenvalue weighted by Gasteiger charge is 2.76. The molecule has 4 aliphatic carbocycles. The molecule has 7 rings (SSSR count). The fraction of sp³-hybridized carbons (Fsp3) is 0.619. The number of likely N-dealkylation sites (N-methyl/N-ethyl adjacent to an activating group) is 1. The van der Waals surface area contributed by atoms with Crippen LogP contribution in [0.3, 0.4) is 0 Å². The van der Waals surface area contributed by atoms with Gasteiger partial charge in [0, 0.05) is 24.1 Å². The second-order valence-corrected chi connectivity index (χ2v) is 8.88. The van der Waals surface area contributed by atoms with E-state index in [0.29, 0.717) is 6.04 Å². The lowest BCUT2D eigenvalue weighted by atomic mass is 9.39. The number of nitrogens with zero attached hydrogens (tertiary/aromatic N) is 1. The summed E-state index contributed by atoms with van der Waals surface area (Å²) in [5.41, 5.74) is 2.75. The molecule has 26 heavy (non-hydrogen) atoms. The van der Waals surface area contributed by atoms with E-state index in [0.717, 1.165) is 43.9 Å². The topological polar surface area (TPSA) is 30.9 Å². The third kappa shape index (κ3) is 1.42. The van der Waals surface area contributed by atoms with Gasteiger partial charge in [0.1, 0.15) is 11.7 Å². The molecule has 1 aromatic carbocycles. The highest BCUT2D eigenvalue weighted by Crippen LogP contribution is 2.73. The lowest BCUT2D eigenvalue weighted by Gasteiger charge is -2.69. The minimum Gasteiger partial charge on any atom is -0.482 e. The molecule has 1 unspecified atom stereocenters. The Hall–Kier alpha value is -1.09. The van der Waals surface area contributed by atoms with Crippen LogP contribution in [0.2, 0.25) is 0 Å². The quantitative estimate of drug-likeness (QED) is 0.603. The van der Waals surface area contributed by atoms with Crippen LogP contribution in [0.4, 0.5) is 0 Å². The van der Waals surface area contributed by atoms with Gasteiger partial charge in [-0.15, -0.1) is 0 Å². The lowest BCUT2D eigenvalue weighted by molar-refractivity contribution is -0.188. The molecule has 0 radical (unpaired) electrons. The minimum absolute atomic E-state index is 0.0223. The standard InChI is InChI=1S/C21H26NO3P/c1-3-22-11-10-21-16-13-4-5-14(25-26)17(16)24-18(21)20(23-2)8-6-19(21,7-9-20)15(22)12-13/h4-6,8,15,18H,3,7,9-12,26H2,1-2H3/t15-,18+,19-,20-,21+/m1/s1. The van der Waals surface area contributed by atoms with Crippen LogP contribution in [-0.2, 0) is 16.6 Å². The van der Waals surface area contributed by atoms with Gasteiger partial charge in [-0.1, -0.05) is 25.1 Å². The third-order valence-corrected chi connectivity index (χ3v) is 8.61. The van der Waals surface area contributed by atoms with Gasteiger partial charge in [-0.3, -0.25) is 4.90 Å². The molecule has 0 amide bonds. The largest absolute Gasteiger partial charge is 0.482 e. The number of benzene rings is 1. The predicted molar refractivity (Wildman–Crippen MR) is 103 cm³/mol. The van der Waals surface area contributed by atoms with Gasteiger partial charge in [0.25, 0.3) is 0 Å². The molecule has 6 aliphatic rings. The van der Waals surface area contributed by atoms with Gasteiger partial charge in [0.05, 0.1) is 14.9 Å². The number of likely N-dealkylation sites (tertiary alicyclic amines) is 1. The monoisotopic (exact) mass is 371 g/mol. The van der Waals surface area contributed by atoms with Crippen LogP contribution in [0.1, 0.15) is 37.3 Å². The van der Waals surface area contributed by atoms with E-state index >= 15 is 0 Å². The van der Waals surface area contributed by atoms with Crippen LogP contribution in [0.5, 0.6) is 11.5 Å². The Morgan fingerprint density at radius 1 is 1.27 bits per heavy atom. The van der Waals surface area contributed by atoms with Gasteiger partial charge in [-0.25, -0.2) is 0 Å². The smallest absolute Gasteiger partial charge is 0.166 e. The van der Waals surface area contributed by atoms with Crippen LogP contribution in [0.25, 0.3) is 0 Å². The van der Waals surface area contributed by atoms with Gasteiger partial charge in [0.15, 0.2) is 11.5 Å². The summed E-state index contributed by atoms with van der Waals surface area (Å²) < 4.78 is 18.6. The van der Waals surface area contributed by atoms with Crippen molar-refractivity contribution in [2.24, 2.45) is 5.41 Å². The van der Waals surface area contributed by atoms with Crippen molar-refractivity contribution in [3.8, 4) is 11.5 Å². The third-order valence-electron chi connectivity index (χ3n) is 8.36. The fourth-order valence-corrected chi connectivity index (χ4v) is 7.49. The number of hydrogen-bond donors (Lipinski definition) is 0. The number of piperidine rings is 1. The van der Waals surface area contributed by atoms with Crippen LogP contribution >= 0.6 is 9.47 Å². The average Bonchev–Trinajstić information content (AvgIpc) is 3.05. The number of fused-ring (bicyclic) bond motifs is 1. The van der Waals surface area contributed by atoms with Crippen molar-refractivity contribution < 1.29 is 14.0 Å². The van der Waals surface area contributed by atoms with E-state index in [2.05, 4.69) is 45.6 Å². The van der Waals surface area contributed by atoms with E-state index in [1.165, 1.54) is 17.5 Å². The molecular formula is C21H26NO3P. The Morgan fingerprint density at radius 3 is 2.85 bits per heavy atom. The summed E-state index contributed by atoms with van der Waals surface area (Å²) in [7, 11) is 4.24. The molecule has 2 aliphatic heterocycles. The Balaban J connectivity index is 1.70. The Kier molecular flexibility index (Phi) is 2.96. The van der Waals surface area contributed by atoms with Crippen molar-refractivity contribution in [3.63, 3.8) is 0 Å². The van der Waals surface area contributed by atoms with E-state index in [1.54, 1.807) is 0 Å². The molecule has 138 valence electrons. The fourth-order valence-electron chi connectivity index (χ4n) is 7.31. The molecule has 5 heteroatoms. The maximum atomic E-state index is 6.76. The first kappa shape index (κ1) is 15.9. The molecule has 2 fully saturated rings. The molecule has 6 atom stereocenters. The second kappa shape index (κ2) is 4.84. The first-order valence-corrected chi connectivity index (χ1v) is 10.3. The molecule has 0 aromatic heterocycles. The Bertz CT molecular complexity index is 841. The molecule has 1 saturated carbocycles. The number of rotatable bonds is 3. The normalized spacial score (nSPS) is 44.0. The lowest BCUT2D eigenvalue weighted by Crippen LogP contribution is -2.77. The predicted octanol–water partition coefficient (Wildman–Crippen LogP) is 3.24. The van der Waals surface area contributed by atoms with Crippen molar-refractivity contribution in [1.82, 2.24) is 4.90 Å². The maximum absolute atomic E-state index is 6.76. The number of hydrogen-bond acceptors (Lipinski definition) is 4. The number of methoxy groups -OCH3 is 1. The maximum Gasteiger partial charge on any atom is 0.166 e. The molecule has 2 heterocycles. The molecular weight excluding hydrogens is 345 g/mol. The van der Waals surface area contributed by atoms with Gasteiger partial charge in [-0.05, 0) is 50.4 Å². The Morgan fingerprint density at radius 2 is 2.15 bits per heavy atom. The number of ether oxygens (including phenoxy) is 2. The summed E-state index contributed by atoms with van der Waals surface area (Å²) >= 11 is 0. The van der Waals surface area contributed by atoms with Gasteiger partial charge in [-0.2, -0.15) is 0 Å². The highest BCUT2D eigenvalue weighted by molar-refractivity contribution is 7.10. The zero-order chi connectivity index (χ0) is 17.7. The van der Waals surface area contributed by atoms with Crippen molar-refractivity contribution in [2.75, 3.05) is 20.2 Å². The van der Waals surface area contributed by atoms with Crippen molar-refractivity contribution in [2.45, 2.75) is 55.8 Å². The van der Waals surface area contributed by atoms with E-state index in [1.807, 2.05) is 7.11 Å². The van der Waals surface area contributed by atoms with Gasteiger partial charge >= 0.3 is 0 Å². The molecule has 4 nitrogen and oxygen atoms in total. The molecule has 0 N–H and O–H groups in total. The zero-order valence-corrected chi connectivity index (χ0v) is 16.6. The van der Waals surface area contributed by atoms with Gasteiger partial charge < -0.3 is 14.0 Å². The van der Waals surface area contributed by atoms with E-state index < -0.39 is 0 Å². The van der Waals surface area contributed by atoms with Crippen LogP contribution < -0.4 is 9.26 Å². The van der Waals surface area contributed by atoms with Crippen molar-refractivity contribution in [3.05, 3.63) is 35.4 Å². The first-order valence-electron chi connectivity index (χ1n) is 9.85. The average molecular weight is 371 g/mol. The van der Waals surface area contributed by atoms with E-state index in [9.17, 15) is 0 Å². The van der Waals surface area contributed by atoms with Crippen LogP contribution in [0.15, 0.2) is 24.3 Å². The molecule has 1 saturated heterocycles. The van der Waals surface area contributed by atoms with Crippen molar-refractivity contribution >= 4 is 9.47 Å². The second-order valence-electron chi connectivity index (χ2n) is 8.65. The molecule has 2 spiro atoms. The zero-order valence-electron chi connectivity index (χ0n) is 15.5. The molecule has 4 bridgehead atoms. The van der Waals surface area contributed by atoms with Gasteiger partial charge in [0.2, 0.25) is 0 Å². The Labute approximate surface area is 157 Å². The highest BCUT2D eigenvalue weighted by atomic mass is 31.0. The van der Waals surface area contributed by atoms with E-state index in [4.69, 9.17) is 14.0 Å². The minimum atomic E-state index is -0.313. The first-order chi connectivity index (χ1) is 12.7. The summed E-state index contributed by atoms with van der Waals surface area (Å²) in [5, 5.41) is 0. The van der Waals surface area contributed by atoms with Crippen LogP contribution in [0, 0.1) is 5.41 Å².